The normalized spacial score (nSPS) is 11.1. The molecule has 0 amide bonds. The van der Waals surface area contributed by atoms with Gasteiger partial charge in [-0.15, -0.1) is 11.3 Å². The van der Waals surface area contributed by atoms with Crippen molar-refractivity contribution in [2.24, 2.45) is 0 Å². The van der Waals surface area contributed by atoms with Crippen LogP contribution in [0.1, 0.15) is 16.1 Å². The predicted molar refractivity (Wildman–Crippen MR) is 107 cm³/mol. The van der Waals surface area contributed by atoms with Crippen LogP contribution in [0.3, 0.4) is 0 Å². The van der Waals surface area contributed by atoms with Crippen molar-refractivity contribution in [3.8, 4) is 17.3 Å². The average molecular weight is 376 g/mol. The largest absolute Gasteiger partial charge is 0.360 e. The highest BCUT2D eigenvalue weighted by Gasteiger charge is 2.12. The molecule has 1 heterocycles. The Balaban J connectivity index is 1.85. The lowest BCUT2D eigenvalue weighted by molar-refractivity contribution is -0.384. The first-order chi connectivity index (χ1) is 13.0. The number of hydrogen-bond donors (Lipinski definition) is 1. The maximum atomic E-state index is 10.9. The van der Waals surface area contributed by atoms with Gasteiger partial charge in [-0.05, 0) is 37.1 Å². The average Bonchev–Trinajstić information content (AvgIpc) is 3.15. The molecule has 0 radical (unpaired) electrons. The van der Waals surface area contributed by atoms with Crippen molar-refractivity contribution >= 4 is 28.3 Å². The Morgan fingerprint density at radius 1 is 1.26 bits per heavy atom. The van der Waals surface area contributed by atoms with Gasteiger partial charge in [-0.3, -0.25) is 10.1 Å². The van der Waals surface area contributed by atoms with E-state index in [-0.39, 0.29) is 5.69 Å². The van der Waals surface area contributed by atoms with E-state index in [2.05, 4.69) is 16.4 Å². The Morgan fingerprint density at radius 3 is 2.78 bits per heavy atom. The molecule has 0 spiro atoms. The zero-order valence-electron chi connectivity index (χ0n) is 14.8. The molecule has 3 rings (SSSR count). The van der Waals surface area contributed by atoms with Gasteiger partial charge in [-0.2, -0.15) is 5.26 Å². The topological polar surface area (TPSA) is 91.8 Å². The van der Waals surface area contributed by atoms with Crippen LogP contribution in [0.25, 0.3) is 16.8 Å². The fourth-order valence-electron chi connectivity index (χ4n) is 2.44. The van der Waals surface area contributed by atoms with Crippen LogP contribution in [0, 0.1) is 35.3 Å². The summed E-state index contributed by atoms with van der Waals surface area (Å²) in [4.78, 5) is 15.0. The first-order valence-electron chi connectivity index (χ1n) is 8.12. The van der Waals surface area contributed by atoms with E-state index in [1.165, 1.54) is 29.0 Å². The van der Waals surface area contributed by atoms with E-state index >= 15 is 0 Å². The molecule has 3 aromatic rings. The third-order valence-corrected chi connectivity index (χ3v) is 4.97. The number of nitrogens with one attached hydrogen (secondary N) is 1. The Hall–Kier alpha value is -3.50. The van der Waals surface area contributed by atoms with E-state index in [9.17, 15) is 15.4 Å². The number of allylic oxidation sites excluding steroid dienone is 1. The smallest absolute Gasteiger partial charge is 0.270 e. The first kappa shape index (κ1) is 18.3. The highest BCUT2D eigenvalue weighted by atomic mass is 32.1. The quantitative estimate of drug-likeness (QED) is 0.370. The number of non-ortho nitro benzene ring substituents is 1. The van der Waals surface area contributed by atoms with E-state index in [0.717, 1.165) is 11.3 Å². The summed E-state index contributed by atoms with van der Waals surface area (Å²) >= 11 is 1.32. The lowest BCUT2D eigenvalue weighted by atomic mass is 10.1. The Kier molecular flexibility index (Phi) is 5.29. The van der Waals surface area contributed by atoms with Crippen molar-refractivity contribution in [2.45, 2.75) is 13.8 Å². The molecular weight excluding hydrogens is 360 g/mol. The molecule has 1 N–H and O–H groups in total. The summed E-state index contributed by atoms with van der Waals surface area (Å²) in [6.45, 7) is 4.07. The maximum Gasteiger partial charge on any atom is 0.270 e. The highest BCUT2D eigenvalue weighted by Crippen LogP contribution is 2.28. The zero-order chi connectivity index (χ0) is 19.4. The first-order valence-corrected chi connectivity index (χ1v) is 9.00. The molecule has 7 heteroatoms. The summed E-state index contributed by atoms with van der Waals surface area (Å²) in [6, 6.07) is 14.4. The lowest BCUT2D eigenvalue weighted by Crippen LogP contribution is -1.92. The molecule has 0 fully saturated rings. The Bertz CT molecular complexity index is 1080. The van der Waals surface area contributed by atoms with Gasteiger partial charge in [0, 0.05) is 35.0 Å². The summed E-state index contributed by atoms with van der Waals surface area (Å²) in [5.74, 6) is 0. The monoisotopic (exact) mass is 376 g/mol. The van der Waals surface area contributed by atoms with Crippen molar-refractivity contribution in [1.29, 1.82) is 5.26 Å². The molecule has 6 nitrogen and oxygen atoms in total. The number of nitro benzene ring substituents is 1. The molecule has 0 saturated heterocycles. The number of anilines is 1. The van der Waals surface area contributed by atoms with Gasteiger partial charge in [0.1, 0.15) is 16.6 Å². The minimum atomic E-state index is -0.440. The molecule has 0 unspecified atom stereocenters. The van der Waals surface area contributed by atoms with Gasteiger partial charge in [0.05, 0.1) is 10.6 Å². The number of hydrogen-bond acceptors (Lipinski definition) is 6. The summed E-state index contributed by atoms with van der Waals surface area (Å²) in [6.07, 6.45) is 1.63. The van der Waals surface area contributed by atoms with Crippen LogP contribution in [0.5, 0.6) is 0 Å². The Morgan fingerprint density at radius 2 is 2.07 bits per heavy atom. The lowest BCUT2D eigenvalue weighted by Gasteiger charge is -2.05. The van der Waals surface area contributed by atoms with E-state index in [0.29, 0.717) is 21.8 Å². The number of benzene rings is 2. The third-order valence-electron chi connectivity index (χ3n) is 4.10. The zero-order valence-corrected chi connectivity index (χ0v) is 15.6. The summed E-state index contributed by atoms with van der Waals surface area (Å²) in [5, 5.41) is 25.9. The van der Waals surface area contributed by atoms with Gasteiger partial charge in [0.2, 0.25) is 0 Å². The van der Waals surface area contributed by atoms with Crippen LogP contribution in [0.4, 0.5) is 11.4 Å². The number of nitriles is 1. The maximum absolute atomic E-state index is 10.9. The third kappa shape index (κ3) is 4.19. The number of nitro groups is 1. The van der Waals surface area contributed by atoms with Gasteiger partial charge in [0.25, 0.3) is 5.69 Å². The fourth-order valence-corrected chi connectivity index (χ4v) is 3.23. The standard InChI is InChI=1S/C20H16N4O2S/c1-13-6-7-17(8-14(13)2)22-11-16(10-21)20-23-19(12-27-20)15-4-3-5-18(9-15)24(25)26/h3-9,11-12,22H,1-2H3/b16-11-. The minimum Gasteiger partial charge on any atom is -0.360 e. The molecule has 1 aromatic heterocycles. The summed E-state index contributed by atoms with van der Waals surface area (Å²) in [7, 11) is 0. The second kappa shape index (κ2) is 7.81. The fraction of sp³-hybridized carbons (Fsp3) is 0.100. The van der Waals surface area contributed by atoms with Crippen molar-refractivity contribution in [1.82, 2.24) is 4.98 Å². The summed E-state index contributed by atoms with van der Waals surface area (Å²) in [5.41, 5.74) is 4.91. The van der Waals surface area contributed by atoms with Crippen molar-refractivity contribution in [2.75, 3.05) is 5.32 Å². The molecule has 0 saturated carbocycles. The number of nitrogens with zero attached hydrogens (tertiary/aromatic N) is 3. The molecule has 27 heavy (non-hydrogen) atoms. The number of aryl methyl sites for hydroxylation is 2. The number of aromatic nitrogens is 1. The predicted octanol–water partition coefficient (Wildman–Crippen LogP) is 5.31. The van der Waals surface area contributed by atoms with E-state index < -0.39 is 4.92 Å². The van der Waals surface area contributed by atoms with Gasteiger partial charge in [-0.1, -0.05) is 18.2 Å². The molecule has 0 atom stereocenters. The van der Waals surface area contributed by atoms with E-state index in [1.807, 2.05) is 32.0 Å². The van der Waals surface area contributed by atoms with Crippen LogP contribution in [-0.2, 0) is 0 Å². The molecule has 0 aliphatic carbocycles. The molecular formula is C20H16N4O2S. The van der Waals surface area contributed by atoms with Gasteiger partial charge >= 0.3 is 0 Å². The molecule has 0 aliphatic rings. The van der Waals surface area contributed by atoms with Crippen molar-refractivity contribution in [3.05, 3.63) is 80.3 Å². The van der Waals surface area contributed by atoms with E-state index in [1.54, 1.807) is 23.7 Å². The SMILES string of the molecule is Cc1ccc(N/C=C(/C#N)c2nc(-c3cccc([N+](=O)[O-])c3)cs2)cc1C. The molecule has 2 aromatic carbocycles. The van der Waals surface area contributed by atoms with Crippen molar-refractivity contribution in [3.63, 3.8) is 0 Å². The van der Waals surface area contributed by atoms with Gasteiger partial charge in [-0.25, -0.2) is 4.98 Å². The van der Waals surface area contributed by atoms with Crippen molar-refractivity contribution < 1.29 is 4.92 Å². The van der Waals surface area contributed by atoms with Gasteiger partial charge in [0.15, 0.2) is 0 Å². The highest BCUT2D eigenvalue weighted by molar-refractivity contribution is 7.11. The number of rotatable bonds is 5. The van der Waals surface area contributed by atoms with Gasteiger partial charge < -0.3 is 5.32 Å². The van der Waals surface area contributed by atoms with Crippen LogP contribution in [0.15, 0.2) is 54.0 Å². The van der Waals surface area contributed by atoms with Crippen LogP contribution in [-0.4, -0.2) is 9.91 Å². The van der Waals surface area contributed by atoms with Crippen LogP contribution >= 0.6 is 11.3 Å². The summed E-state index contributed by atoms with van der Waals surface area (Å²) < 4.78 is 0. The van der Waals surface area contributed by atoms with Crippen LogP contribution in [0.2, 0.25) is 0 Å². The molecule has 0 bridgehead atoms. The molecule has 134 valence electrons. The van der Waals surface area contributed by atoms with Crippen LogP contribution < -0.4 is 5.32 Å². The van der Waals surface area contributed by atoms with E-state index in [4.69, 9.17) is 0 Å². The second-order valence-corrected chi connectivity index (χ2v) is 6.82. The Labute approximate surface area is 160 Å². The number of thiazole rings is 1. The minimum absolute atomic E-state index is 0.00880. The molecule has 0 aliphatic heterocycles. The second-order valence-electron chi connectivity index (χ2n) is 5.96.